The van der Waals surface area contributed by atoms with Crippen molar-refractivity contribution in [2.75, 3.05) is 0 Å². The Morgan fingerprint density at radius 2 is 1.96 bits per heavy atom. The van der Waals surface area contributed by atoms with Crippen molar-refractivity contribution in [1.29, 1.82) is 0 Å². The second-order valence-electron chi connectivity index (χ2n) is 6.83. The highest BCUT2D eigenvalue weighted by Crippen LogP contribution is 2.37. The number of fused-ring (bicyclic) bond motifs is 1. The van der Waals surface area contributed by atoms with Crippen molar-refractivity contribution >= 4 is 39.3 Å². The van der Waals surface area contributed by atoms with E-state index in [9.17, 15) is 4.79 Å². The predicted octanol–water partition coefficient (Wildman–Crippen LogP) is 5.71. The summed E-state index contributed by atoms with van der Waals surface area (Å²) in [6.07, 6.45) is 7.21. The molecule has 1 aliphatic rings. The van der Waals surface area contributed by atoms with Crippen LogP contribution in [0.4, 0.5) is 0 Å². The lowest BCUT2D eigenvalue weighted by molar-refractivity contribution is -0.149. The fourth-order valence-electron chi connectivity index (χ4n) is 3.33. The first-order valence-electron chi connectivity index (χ1n) is 9.38. The number of thioether (sulfide) groups is 1. The molecule has 0 bridgehead atoms. The molecule has 0 amide bonds. The molecule has 4 rings (SSSR count). The quantitative estimate of drug-likeness (QED) is 0.313. The van der Waals surface area contributed by atoms with Crippen molar-refractivity contribution in [3.63, 3.8) is 0 Å². The Hall–Kier alpha value is -1.92. The lowest BCUT2D eigenvalue weighted by atomic mass is 9.98. The Morgan fingerprint density at radius 3 is 2.74 bits per heavy atom. The number of carbonyl (C=O) groups is 1. The van der Waals surface area contributed by atoms with E-state index in [1.807, 2.05) is 25.1 Å². The molecule has 1 atom stereocenters. The van der Waals surface area contributed by atoms with Gasteiger partial charge in [0.2, 0.25) is 0 Å². The van der Waals surface area contributed by atoms with Gasteiger partial charge in [0.15, 0.2) is 0 Å². The van der Waals surface area contributed by atoms with Crippen LogP contribution >= 0.6 is 23.1 Å². The third-order valence-electron chi connectivity index (χ3n) is 4.81. The third-order valence-corrected chi connectivity index (χ3v) is 6.99. The van der Waals surface area contributed by atoms with Gasteiger partial charge in [0, 0.05) is 10.3 Å². The van der Waals surface area contributed by atoms with Crippen molar-refractivity contribution in [1.82, 2.24) is 9.97 Å². The van der Waals surface area contributed by atoms with Gasteiger partial charge in [0.05, 0.1) is 0 Å². The van der Waals surface area contributed by atoms with Gasteiger partial charge in [0.1, 0.15) is 27.5 Å². The van der Waals surface area contributed by atoms with Crippen molar-refractivity contribution < 1.29 is 9.53 Å². The van der Waals surface area contributed by atoms with Crippen LogP contribution in [0.25, 0.3) is 20.7 Å². The van der Waals surface area contributed by atoms with Crippen molar-refractivity contribution in [3.8, 4) is 10.4 Å². The van der Waals surface area contributed by atoms with Gasteiger partial charge in [-0.15, -0.1) is 11.3 Å². The molecule has 0 saturated heterocycles. The third kappa shape index (κ3) is 4.33. The maximum atomic E-state index is 12.5. The first-order valence-corrected chi connectivity index (χ1v) is 11.1. The number of aromatic nitrogens is 2. The first kappa shape index (κ1) is 18.4. The van der Waals surface area contributed by atoms with E-state index in [0.717, 1.165) is 45.8 Å². The molecule has 0 spiro atoms. The fraction of sp³-hybridized carbons (Fsp3) is 0.381. The molecule has 4 nitrogen and oxygen atoms in total. The highest BCUT2D eigenvalue weighted by atomic mass is 32.2. The molecule has 6 heteroatoms. The van der Waals surface area contributed by atoms with E-state index in [1.165, 1.54) is 23.7 Å². The summed E-state index contributed by atoms with van der Waals surface area (Å²) in [7, 11) is 0. The molecule has 2 aromatic heterocycles. The van der Waals surface area contributed by atoms with E-state index in [4.69, 9.17) is 4.74 Å². The Morgan fingerprint density at radius 1 is 1.19 bits per heavy atom. The van der Waals surface area contributed by atoms with Gasteiger partial charge < -0.3 is 4.74 Å². The second kappa shape index (κ2) is 8.40. The van der Waals surface area contributed by atoms with Crippen molar-refractivity contribution in [3.05, 3.63) is 42.7 Å². The summed E-state index contributed by atoms with van der Waals surface area (Å²) in [6, 6.07) is 12.4. The van der Waals surface area contributed by atoms with Crippen LogP contribution in [-0.2, 0) is 9.53 Å². The number of thiophene rings is 1. The zero-order chi connectivity index (χ0) is 18.6. The average molecular weight is 399 g/mol. The van der Waals surface area contributed by atoms with Crippen LogP contribution in [0.3, 0.4) is 0 Å². The van der Waals surface area contributed by atoms with E-state index >= 15 is 0 Å². The SMILES string of the molecule is CC(Sc1ncnc2sc(-c3ccccc3)cc12)C(=O)OC1CCCCC1. The number of rotatable bonds is 5. The molecule has 2 heterocycles. The van der Waals surface area contributed by atoms with Gasteiger partial charge in [-0.1, -0.05) is 48.5 Å². The number of hydrogen-bond donors (Lipinski definition) is 0. The van der Waals surface area contributed by atoms with Gasteiger partial charge in [-0.25, -0.2) is 9.97 Å². The summed E-state index contributed by atoms with van der Waals surface area (Å²) >= 11 is 3.11. The highest BCUT2D eigenvalue weighted by molar-refractivity contribution is 8.00. The van der Waals surface area contributed by atoms with Gasteiger partial charge >= 0.3 is 5.97 Å². The Kier molecular flexibility index (Phi) is 5.74. The number of carbonyl (C=O) groups excluding carboxylic acids is 1. The minimum atomic E-state index is -0.287. The van der Waals surface area contributed by atoms with Crippen LogP contribution in [0.2, 0.25) is 0 Å². The minimum absolute atomic E-state index is 0.0885. The van der Waals surface area contributed by atoms with Crippen LogP contribution in [-0.4, -0.2) is 27.3 Å². The van der Waals surface area contributed by atoms with Gasteiger partial charge in [0.25, 0.3) is 0 Å². The Labute approximate surface area is 167 Å². The normalized spacial score (nSPS) is 16.3. The fourth-order valence-corrected chi connectivity index (χ4v) is 5.28. The lowest BCUT2D eigenvalue weighted by Crippen LogP contribution is -2.26. The number of hydrogen-bond acceptors (Lipinski definition) is 6. The monoisotopic (exact) mass is 398 g/mol. The molecule has 1 aliphatic carbocycles. The molecule has 1 aromatic carbocycles. The maximum absolute atomic E-state index is 12.5. The summed E-state index contributed by atoms with van der Waals surface area (Å²) in [5.74, 6) is -0.142. The maximum Gasteiger partial charge on any atom is 0.319 e. The summed E-state index contributed by atoms with van der Waals surface area (Å²) < 4.78 is 5.71. The van der Waals surface area contributed by atoms with Crippen LogP contribution in [0.5, 0.6) is 0 Å². The minimum Gasteiger partial charge on any atom is -0.462 e. The second-order valence-corrected chi connectivity index (χ2v) is 9.19. The Balaban J connectivity index is 1.51. The number of benzene rings is 1. The molecule has 0 aliphatic heterocycles. The van der Waals surface area contributed by atoms with E-state index in [1.54, 1.807) is 17.7 Å². The van der Waals surface area contributed by atoms with Gasteiger partial charge in [-0.3, -0.25) is 4.79 Å². The van der Waals surface area contributed by atoms with E-state index in [2.05, 4.69) is 28.2 Å². The van der Waals surface area contributed by atoms with E-state index in [0.29, 0.717) is 0 Å². The molecule has 1 saturated carbocycles. The molecule has 0 radical (unpaired) electrons. The van der Waals surface area contributed by atoms with Crippen molar-refractivity contribution in [2.45, 2.75) is 55.4 Å². The summed E-state index contributed by atoms with van der Waals surface area (Å²) in [6.45, 7) is 1.90. The predicted molar refractivity (Wildman–Crippen MR) is 111 cm³/mol. The first-order chi connectivity index (χ1) is 13.2. The van der Waals surface area contributed by atoms with Crippen molar-refractivity contribution in [2.24, 2.45) is 0 Å². The molecular formula is C21H22N2O2S2. The van der Waals surface area contributed by atoms with Crippen LogP contribution in [0, 0.1) is 0 Å². The van der Waals surface area contributed by atoms with E-state index < -0.39 is 0 Å². The Bertz CT molecular complexity index is 920. The van der Waals surface area contributed by atoms with Gasteiger partial charge in [-0.2, -0.15) is 0 Å². The smallest absolute Gasteiger partial charge is 0.319 e. The zero-order valence-electron chi connectivity index (χ0n) is 15.3. The molecule has 0 N–H and O–H groups in total. The average Bonchev–Trinajstić information content (AvgIpc) is 3.15. The number of esters is 1. The standard InChI is InChI=1S/C21H22N2O2S2/c1-14(21(24)25-16-10-6-3-7-11-16)26-19-17-12-18(15-8-4-2-5-9-15)27-20(17)23-13-22-19/h2,4-5,8-9,12-14,16H,3,6-7,10-11H2,1H3. The summed E-state index contributed by atoms with van der Waals surface area (Å²) in [5.41, 5.74) is 1.17. The molecule has 27 heavy (non-hydrogen) atoms. The summed E-state index contributed by atoms with van der Waals surface area (Å²) in [5, 5.41) is 1.56. The topological polar surface area (TPSA) is 52.1 Å². The summed E-state index contributed by atoms with van der Waals surface area (Å²) in [4.78, 5) is 23.4. The molecule has 3 aromatic rings. The molecule has 1 fully saturated rings. The van der Waals surface area contributed by atoms with E-state index in [-0.39, 0.29) is 17.3 Å². The molecule has 1 unspecified atom stereocenters. The zero-order valence-corrected chi connectivity index (χ0v) is 16.9. The highest BCUT2D eigenvalue weighted by Gasteiger charge is 2.24. The van der Waals surface area contributed by atoms with Crippen LogP contribution in [0.1, 0.15) is 39.0 Å². The lowest BCUT2D eigenvalue weighted by Gasteiger charge is -2.23. The number of ether oxygens (including phenoxy) is 1. The van der Waals surface area contributed by atoms with Crippen LogP contribution < -0.4 is 0 Å². The molecule has 140 valence electrons. The number of nitrogens with zero attached hydrogens (tertiary/aromatic N) is 2. The van der Waals surface area contributed by atoms with Crippen LogP contribution in [0.15, 0.2) is 47.8 Å². The molecular weight excluding hydrogens is 376 g/mol. The van der Waals surface area contributed by atoms with Gasteiger partial charge in [-0.05, 0) is 44.2 Å². The largest absolute Gasteiger partial charge is 0.462 e.